The molecule has 170 valence electrons. The SMILES string of the molecule is N#C/C(C(=O)Nc1ccc(Br)cc1)=C1/S[C@H](Cc2cccc(Cl)c2Cl)C(=O)N1c1ccccc1. The molecule has 0 radical (unpaired) electrons. The monoisotopic (exact) mass is 571 g/mol. The lowest BCUT2D eigenvalue weighted by Gasteiger charge is -2.18. The van der Waals surface area contributed by atoms with Gasteiger partial charge in [0.05, 0.1) is 15.3 Å². The number of nitriles is 1. The summed E-state index contributed by atoms with van der Waals surface area (Å²) < 4.78 is 0.860. The molecule has 0 saturated carbocycles. The fourth-order valence-corrected chi connectivity index (χ4v) is 5.39. The molecule has 1 fully saturated rings. The standard InChI is InChI=1S/C25H16BrCl2N3O2S/c26-16-9-11-17(12-10-16)30-23(32)19(14-29)25-31(18-6-2-1-3-7-18)24(33)21(34-25)13-15-5-4-8-20(27)22(15)28/h1-12,21H,13H2,(H,30,32)/b25-19-/t21-/m1/s1. The molecule has 0 unspecified atom stereocenters. The van der Waals surface area contributed by atoms with Crippen LogP contribution < -0.4 is 10.2 Å². The van der Waals surface area contributed by atoms with E-state index >= 15 is 0 Å². The number of nitrogens with one attached hydrogen (secondary N) is 1. The van der Waals surface area contributed by atoms with Gasteiger partial charge in [-0.3, -0.25) is 14.5 Å². The van der Waals surface area contributed by atoms with Crippen LogP contribution in [0.25, 0.3) is 0 Å². The predicted octanol–water partition coefficient (Wildman–Crippen LogP) is 6.82. The number of hydrogen-bond donors (Lipinski definition) is 1. The molecule has 0 aromatic heterocycles. The van der Waals surface area contributed by atoms with Gasteiger partial charge in [0.15, 0.2) is 0 Å². The highest BCUT2D eigenvalue weighted by atomic mass is 79.9. The Morgan fingerprint density at radius 2 is 1.76 bits per heavy atom. The van der Waals surface area contributed by atoms with Crippen molar-refractivity contribution < 1.29 is 9.59 Å². The molecule has 9 heteroatoms. The average Bonchev–Trinajstić information content (AvgIpc) is 3.15. The van der Waals surface area contributed by atoms with Crippen molar-refractivity contribution in [3.05, 3.63) is 103 Å². The van der Waals surface area contributed by atoms with Crippen molar-refractivity contribution in [1.29, 1.82) is 5.26 Å². The van der Waals surface area contributed by atoms with Gasteiger partial charge >= 0.3 is 0 Å². The Balaban J connectivity index is 1.72. The van der Waals surface area contributed by atoms with Gasteiger partial charge in [-0.25, -0.2) is 0 Å². The van der Waals surface area contributed by atoms with Crippen LogP contribution in [-0.2, 0) is 16.0 Å². The summed E-state index contributed by atoms with van der Waals surface area (Å²) in [5.74, 6) is -0.839. The maximum Gasteiger partial charge on any atom is 0.269 e. The number of carbonyl (C=O) groups excluding carboxylic acids is 2. The second kappa shape index (κ2) is 10.7. The molecule has 0 spiro atoms. The summed E-state index contributed by atoms with van der Waals surface area (Å²) in [4.78, 5) is 28.0. The first-order valence-electron chi connectivity index (χ1n) is 10.1. The normalized spacial score (nSPS) is 16.8. The molecule has 1 N–H and O–H groups in total. The molecule has 1 aliphatic rings. The van der Waals surface area contributed by atoms with Crippen LogP contribution in [0.1, 0.15) is 5.56 Å². The molecular weight excluding hydrogens is 557 g/mol. The van der Waals surface area contributed by atoms with Crippen LogP contribution >= 0.6 is 50.9 Å². The van der Waals surface area contributed by atoms with E-state index in [-0.39, 0.29) is 16.5 Å². The zero-order valence-electron chi connectivity index (χ0n) is 17.5. The number of para-hydroxylation sites is 1. The van der Waals surface area contributed by atoms with E-state index in [1.807, 2.05) is 18.2 Å². The minimum atomic E-state index is -0.595. The third-order valence-electron chi connectivity index (χ3n) is 5.06. The zero-order chi connectivity index (χ0) is 24.2. The van der Waals surface area contributed by atoms with E-state index in [4.69, 9.17) is 23.2 Å². The molecule has 3 aromatic rings. The molecule has 1 saturated heterocycles. The Bertz CT molecular complexity index is 1320. The zero-order valence-corrected chi connectivity index (χ0v) is 21.4. The first-order chi connectivity index (χ1) is 16.4. The third kappa shape index (κ3) is 5.16. The van der Waals surface area contributed by atoms with Gasteiger partial charge in [0.1, 0.15) is 16.7 Å². The number of amides is 2. The molecular formula is C25H16BrCl2N3O2S. The molecule has 1 heterocycles. The van der Waals surface area contributed by atoms with Crippen LogP contribution in [0.4, 0.5) is 11.4 Å². The molecule has 3 aromatic carbocycles. The van der Waals surface area contributed by atoms with Crippen LogP contribution in [0, 0.1) is 11.3 Å². The summed E-state index contributed by atoms with van der Waals surface area (Å²) in [5.41, 5.74) is 1.67. The van der Waals surface area contributed by atoms with Gasteiger partial charge in [0.2, 0.25) is 5.91 Å². The fraction of sp³-hybridized carbons (Fsp3) is 0.0800. The number of carbonyl (C=O) groups is 2. The maximum absolute atomic E-state index is 13.5. The second-order valence-corrected chi connectivity index (χ2v) is 10.2. The number of benzene rings is 3. The fourth-order valence-electron chi connectivity index (χ4n) is 3.43. The Hall–Kier alpha value is -2.76. The first-order valence-corrected chi connectivity index (χ1v) is 12.5. The lowest BCUT2D eigenvalue weighted by molar-refractivity contribution is -0.117. The van der Waals surface area contributed by atoms with E-state index < -0.39 is 11.2 Å². The highest BCUT2D eigenvalue weighted by molar-refractivity contribution is 9.10. The van der Waals surface area contributed by atoms with Gasteiger partial charge in [-0.1, -0.05) is 81.2 Å². The molecule has 2 amide bonds. The lowest BCUT2D eigenvalue weighted by atomic mass is 10.1. The largest absolute Gasteiger partial charge is 0.321 e. The quantitative estimate of drug-likeness (QED) is 0.269. The summed E-state index contributed by atoms with van der Waals surface area (Å²) in [6.45, 7) is 0. The first kappa shape index (κ1) is 24.4. The predicted molar refractivity (Wildman–Crippen MR) is 141 cm³/mol. The summed E-state index contributed by atoms with van der Waals surface area (Å²) in [6, 6.07) is 23.2. The van der Waals surface area contributed by atoms with Crippen molar-refractivity contribution in [3.63, 3.8) is 0 Å². The average molecular weight is 573 g/mol. The van der Waals surface area contributed by atoms with Crippen LogP contribution in [-0.4, -0.2) is 17.1 Å². The minimum absolute atomic E-state index is 0.148. The van der Waals surface area contributed by atoms with Gasteiger partial charge in [-0.15, -0.1) is 0 Å². The Labute approximate surface area is 219 Å². The van der Waals surface area contributed by atoms with E-state index in [9.17, 15) is 14.9 Å². The van der Waals surface area contributed by atoms with Gasteiger partial charge < -0.3 is 5.32 Å². The van der Waals surface area contributed by atoms with E-state index in [1.165, 1.54) is 16.7 Å². The summed E-state index contributed by atoms with van der Waals surface area (Å²) in [6.07, 6.45) is 0.294. The number of rotatable bonds is 5. The van der Waals surface area contributed by atoms with Crippen LogP contribution in [0.15, 0.2) is 87.9 Å². The highest BCUT2D eigenvalue weighted by Crippen LogP contribution is 2.43. The molecule has 34 heavy (non-hydrogen) atoms. The molecule has 4 rings (SSSR count). The van der Waals surface area contributed by atoms with Crippen molar-refractivity contribution in [2.75, 3.05) is 10.2 Å². The Morgan fingerprint density at radius 1 is 1.06 bits per heavy atom. The second-order valence-electron chi connectivity index (χ2n) is 7.29. The molecule has 0 bridgehead atoms. The number of hydrogen-bond acceptors (Lipinski definition) is 4. The van der Waals surface area contributed by atoms with E-state index in [0.29, 0.717) is 33.4 Å². The van der Waals surface area contributed by atoms with Crippen molar-refractivity contribution in [3.8, 4) is 6.07 Å². The smallest absolute Gasteiger partial charge is 0.269 e. The van der Waals surface area contributed by atoms with Gasteiger partial charge in [-0.05, 0) is 54.4 Å². The van der Waals surface area contributed by atoms with E-state index in [0.717, 1.165) is 4.47 Å². The third-order valence-corrected chi connectivity index (χ3v) is 7.71. The van der Waals surface area contributed by atoms with Crippen LogP contribution in [0.2, 0.25) is 10.0 Å². The lowest BCUT2D eigenvalue weighted by Crippen LogP contribution is -2.30. The van der Waals surface area contributed by atoms with Gasteiger partial charge in [0, 0.05) is 15.8 Å². The summed E-state index contributed by atoms with van der Waals surface area (Å²) in [5, 5.41) is 13.1. The minimum Gasteiger partial charge on any atom is -0.321 e. The number of nitrogens with zero attached hydrogens (tertiary/aromatic N) is 2. The Kier molecular flexibility index (Phi) is 7.64. The summed E-state index contributed by atoms with van der Waals surface area (Å²) in [7, 11) is 0. The van der Waals surface area contributed by atoms with E-state index in [1.54, 1.807) is 60.7 Å². The number of thioether (sulfide) groups is 1. The van der Waals surface area contributed by atoms with Gasteiger partial charge in [-0.2, -0.15) is 5.26 Å². The molecule has 5 nitrogen and oxygen atoms in total. The number of halogens is 3. The highest BCUT2D eigenvalue weighted by Gasteiger charge is 2.41. The van der Waals surface area contributed by atoms with Crippen molar-refractivity contribution in [2.24, 2.45) is 0 Å². The van der Waals surface area contributed by atoms with Crippen molar-refractivity contribution in [1.82, 2.24) is 0 Å². The topological polar surface area (TPSA) is 73.2 Å². The van der Waals surface area contributed by atoms with Gasteiger partial charge in [0.25, 0.3) is 5.91 Å². The van der Waals surface area contributed by atoms with E-state index in [2.05, 4.69) is 21.2 Å². The molecule has 0 aliphatic carbocycles. The molecule has 1 aliphatic heterocycles. The summed E-state index contributed by atoms with van der Waals surface area (Å²) >= 11 is 17.0. The van der Waals surface area contributed by atoms with Crippen LogP contribution in [0.3, 0.4) is 0 Å². The number of anilines is 2. The van der Waals surface area contributed by atoms with Crippen molar-refractivity contribution >= 4 is 74.1 Å². The van der Waals surface area contributed by atoms with Crippen LogP contribution in [0.5, 0.6) is 0 Å². The molecule has 1 atom stereocenters. The Morgan fingerprint density at radius 3 is 2.44 bits per heavy atom. The van der Waals surface area contributed by atoms with Crippen molar-refractivity contribution in [2.45, 2.75) is 11.7 Å². The maximum atomic E-state index is 13.5.